The van der Waals surface area contributed by atoms with Crippen LogP contribution >= 0.6 is 0 Å². The van der Waals surface area contributed by atoms with Crippen molar-refractivity contribution in [2.45, 2.75) is 90.7 Å². The summed E-state index contributed by atoms with van der Waals surface area (Å²) >= 11 is 0. The number of hydrogen-bond donors (Lipinski definition) is 0. The third-order valence-corrected chi connectivity index (χ3v) is 10.2. The molecule has 0 unspecified atom stereocenters. The van der Waals surface area contributed by atoms with Gasteiger partial charge in [-0.3, -0.25) is 4.18 Å². The van der Waals surface area contributed by atoms with Crippen LogP contribution in [0.15, 0.2) is 56.0 Å². The Labute approximate surface area is 326 Å². The molecule has 0 saturated heterocycles. The average Bonchev–Trinajstić information content (AvgIpc) is 2.85. The first-order valence-corrected chi connectivity index (χ1v) is 18.3. The molecule has 13 nitrogen and oxygen atoms in total. The van der Waals surface area contributed by atoms with Gasteiger partial charge in [-0.1, -0.05) is 76.8 Å². The number of hydrogen-bond acceptors (Lipinski definition) is 13. The summed E-state index contributed by atoms with van der Waals surface area (Å²) in [5.74, 6) is -2.17. The van der Waals surface area contributed by atoms with Gasteiger partial charge in [-0.25, -0.2) is 25.3 Å². The second-order valence-corrected chi connectivity index (χ2v) is 14.7. The molecule has 2 rings (SSSR count). The van der Waals surface area contributed by atoms with Gasteiger partial charge in [-0.2, -0.15) is 8.42 Å². The molecule has 20 heteroatoms. The molecule has 0 aliphatic heterocycles. The van der Waals surface area contributed by atoms with Gasteiger partial charge in [0.15, 0.2) is 0 Å². The number of ether oxygens (including phenoxy) is 1. The van der Waals surface area contributed by atoms with Crippen molar-refractivity contribution in [3.05, 3.63) is 36.4 Å². The maximum atomic E-state index is 12.8. The molecule has 0 saturated carbocycles. The molecule has 0 N–H and O–H groups in total. The van der Waals surface area contributed by atoms with E-state index in [2.05, 4.69) is 6.92 Å². The maximum Gasteiger partial charge on any atom is 1.00 e. The summed E-state index contributed by atoms with van der Waals surface area (Å²) in [6, 6.07) is 4.49. The first kappa shape index (κ1) is 47.0. The minimum absolute atomic E-state index is 0. The number of rotatable bonds is 18. The quantitative estimate of drug-likeness (QED) is 0.0608. The van der Waals surface area contributed by atoms with Crippen molar-refractivity contribution in [3.63, 3.8) is 0 Å². The largest absolute Gasteiger partial charge is 1.00 e. The van der Waals surface area contributed by atoms with E-state index in [4.69, 9.17) is 8.92 Å². The predicted molar refractivity (Wildman–Crippen MR) is 142 cm³/mol. The van der Waals surface area contributed by atoms with Gasteiger partial charge in [-0.15, -0.1) is 0 Å². The summed E-state index contributed by atoms with van der Waals surface area (Å²) in [6.07, 6.45) is 9.68. The van der Waals surface area contributed by atoms with Crippen LogP contribution in [0, 0.1) is 0 Å². The van der Waals surface area contributed by atoms with Gasteiger partial charge in [0.2, 0.25) is 0 Å². The molecule has 0 aliphatic rings. The van der Waals surface area contributed by atoms with E-state index in [0.717, 1.165) is 56.4 Å². The Morgan fingerprint density at radius 2 is 0.932 bits per heavy atom. The van der Waals surface area contributed by atoms with Crippen LogP contribution in [0.4, 0.5) is 0 Å². The van der Waals surface area contributed by atoms with Crippen LogP contribution in [-0.2, 0) is 44.7 Å². The standard InChI is InChI=1S/C24H34O13S4.3Na/c1-2-3-4-5-6-7-8-9-10-11-18-36-41(34,35)22-17-13-15-20(24(22)40(31,32)33)37-19-14-12-16-21(38(25,26)27)23(19)39(28,29)30;;;/h12-17H,2-11,18H2,1H3,(H,25,26,27)(H,28,29,30)(H,31,32,33);;;/q;3*+1/p-3. The van der Waals surface area contributed by atoms with E-state index >= 15 is 0 Å². The fourth-order valence-electron chi connectivity index (χ4n) is 3.98. The molecule has 2 aromatic carbocycles. The van der Waals surface area contributed by atoms with E-state index in [-0.39, 0.29) is 95.3 Å². The molecule has 0 heterocycles. The Kier molecular flexibility index (Phi) is 22.5. The zero-order valence-electron chi connectivity index (χ0n) is 25.2. The van der Waals surface area contributed by atoms with Gasteiger partial charge in [-0.05, 0) is 30.7 Å². The topological polar surface area (TPSA) is 224 Å². The SMILES string of the molecule is CCCCCCCCCCCCOS(=O)(=O)c1cccc(Oc2cccc(S(=O)(=O)[O-])c2S(=O)(=O)[O-])c1S(=O)(=O)[O-].[Na+].[Na+].[Na+]. The van der Waals surface area contributed by atoms with E-state index < -0.39 is 71.6 Å². The van der Waals surface area contributed by atoms with Crippen LogP contribution in [0.5, 0.6) is 11.5 Å². The van der Waals surface area contributed by atoms with Crippen molar-refractivity contribution in [3.8, 4) is 11.5 Å². The monoisotopic (exact) mass is 724 g/mol. The minimum Gasteiger partial charge on any atom is -0.744 e. The Morgan fingerprint density at radius 3 is 1.34 bits per heavy atom. The second kappa shape index (κ2) is 21.1. The summed E-state index contributed by atoms with van der Waals surface area (Å²) in [7, 11) is -21.7. The van der Waals surface area contributed by atoms with E-state index in [0.29, 0.717) is 25.0 Å². The third kappa shape index (κ3) is 15.0. The molecule has 0 aromatic heterocycles. The van der Waals surface area contributed by atoms with Gasteiger partial charge >= 0.3 is 88.7 Å². The maximum absolute atomic E-state index is 12.8. The van der Waals surface area contributed by atoms with Gasteiger partial charge < -0.3 is 18.4 Å². The summed E-state index contributed by atoms with van der Waals surface area (Å²) in [5, 5.41) is 0. The summed E-state index contributed by atoms with van der Waals surface area (Å²) < 4.78 is 142. The zero-order valence-corrected chi connectivity index (χ0v) is 34.4. The molecule has 0 aliphatic carbocycles. The summed E-state index contributed by atoms with van der Waals surface area (Å²) in [6.45, 7) is 1.82. The molecule has 0 fully saturated rings. The normalized spacial score (nSPS) is 12.0. The minimum atomic E-state index is -5.71. The van der Waals surface area contributed by atoms with Crippen molar-refractivity contribution in [2.75, 3.05) is 6.61 Å². The van der Waals surface area contributed by atoms with Gasteiger partial charge in [0.1, 0.15) is 56.5 Å². The van der Waals surface area contributed by atoms with Crippen LogP contribution in [-0.4, -0.2) is 53.9 Å². The summed E-state index contributed by atoms with van der Waals surface area (Å²) in [5.41, 5.74) is 0. The van der Waals surface area contributed by atoms with E-state index in [1.54, 1.807) is 0 Å². The van der Waals surface area contributed by atoms with Gasteiger partial charge in [0.05, 0.1) is 11.5 Å². The van der Waals surface area contributed by atoms with Crippen LogP contribution in [0.3, 0.4) is 0 Å². The average molecular weight is 725 g/mol. The third-order valence-electron chi connectivity index (χ3n) is 5.88. The molecule has 232 valence electrons. The van der Waals surface area contributed by atoms with Crippen LogP contribution in [0.1, 0.15) is 71.1 Å². The molecule has 0 radical (unpaired) electrons. The molecule has 44 heavy (non-hydrogen) atoms. The van der Waals surface area contributed by atoms with E-state index in [1.165, 1.54) is 19.3 Å². The first-order chi connectivity index (χ1) is 19.0. The number of unbranched alkanes of at least 4 members (excludes halogenated alkanes) is 9. The molecule has 0 amide bonds. The van der Waals surface area contributed by atoms with E-state index in [1.807, 2.05) is 0 Å². The molecule has 0 atom stereocenters. The Hall–Kier alpha value is 0.880. The van der Waals surface area contributed by atoms with E-state index in [9.17, 15) is 47.3 Å². The van der Waals surface area contributed by atoms with Crippen molar-refractivity contribution in [2.24, 2.45) is 0 Å². The van der Waals surface area contributed by atoms with Crippen molar-refractivity contribution < 1.29 is 145 Å². The molecule has 0 bridgehead atoms. The van der Waals surface area contributed by atoms with Gasteiger partial charge in [0.25, 0.3) is 10.1 Å². The zero-order chi connectivity index (χ0) is 30.9. The van der Waals surface area contributed by atoms with Crippen molar-refractivity contribution >= 4 is 40.5 Å². The Morgan fingerprint density at radius 1 is 0.545 bits per heavy atom. The fraction of sp³-hybridized carbons (Fsp3) is 0.500. The Bertz CT molecular complexity index is 1630. The fourth-order valence-corrected chi connectivity index (χ4v) is 8.15. The smallest absolute Gasteiger partial charge is 0.744 e. The molecule has 0 spiro atoms. The predicted octanol–water partition coefficient (Wildman–Crippen LogP) is -5.17. The van der Waals surface area contributed by atoms with Crippen LogP contribution < -0.4 is 93.4 Å². The van der Waals surface area contributed by atoms with Crippen LogP contribution in [0.25, 0.3) is 0 Å². The number of benzene rings is 2. The van der Waals surface area contributed by atoms with Crippen molar-refractivity contribution in [1.29, 1.82) is 0 Å². The van der Waals surface area contributed by atoms with Crippen molar-refractivity contribution in [1.82, 2.24) is 0 Å². The summed E-state index contributed by atoms with van der Waals surface area (Å²) in [4.78, 5) is -5.71. The Balaban J connectivity index is 0. The second-order valence-electron chi connectivity index (χ2n) is 9.09. The molecular formula is C24H31Na3O13S4. The molecular weight excluding hydrogens is 693 g/mol. The van der Waals surface area contributed by atoms with Gasteiger partial charge in [0, 0.05) is 0 Å². The van der Waals surface area contributed by atoms with Crippen LogP contribution in [0.2, 0.25) is 0 Å². The first-order valence-electron chi connectivity index (χ1n) is 12.7. The molecule has 2 aromatic rings.